The Hall–Kier alpha value is -0.340. The molecule has 3 heterocycles. The molecule has 2 aliphatic heterocycles. The molecule has 0 aliphatic carbocycles. The highest BCUT2D eigenvalue weighted by molar-refractivity contribution is 7.91. The van der Waals surface area contributed by atoms with E-state index in [1.807, 2.05) is 0 Å². The smallest absolute Gasteiger partial charge is 0.253 e. The first-order valence-corrected chi connectivity index (χ1v) is 9.61. The number of carbonyl (C=O) groups excluding carboxylic acids is 1. The molecular formula is C12H14Cl2N2O3S2. The van der Waals surface area contributed by atoms with E-state index in [2.05, 4.69) is 0 Å². The summed E-state index contributed by atoms with van der Waals surface area (Å²) in [6, 6.07) is 0.639. The largest absolute Gasteiger partial charge is 0.337 e. The van der Waals surface area contributed by atoms with Crippen LogP contribution in [-0.4, -0.2) is 48.7 Å². The molecule has 116 valence electrons. The van der Waals surface area contributed by atoms with Crippen LogP contribution in [0.5, 0.6) is 0 Å². The quantitative estimate of drug-likeness (QED) is 0.805. The second-order valence-electron chi connectivity index (χ2n) is 5.27. The highest BCUT2D eigenvalue weighted by Crippen LogP contribution is 2.37. The van der Waals surface area contributed by atoms with Crippen LogP contribution in [-0.2, 0) is 14.8 Å². The van der Waals surface area contributed by atoms with Gasteiger partial charge in [0.15, 0.2) is 0 Å². The van der Waals surface area contributed by atoms with Gasteiger partial charge in [0.1, 0.15) is 14.6 Å². The molecule has 2 aliphatic rings. The van der Waals surface area contributed by atoms with Crippen molar-refractivity contribution in [3.8, 4) is 0 Å². The second-order valence-corrected chi connectivity index (χ2v) is 9.44. The Balaban J connectivity index is 1.96. The molecule has 5 nitrogen and oxygen atoms in total. The van der Waals surface area contributed by atoms with E-state index in [1.165, 1.54) is 10.4 Å². The van der Waals surface area contributed by atoms with Gasteiger partial charge in [0.25, 0.3) is 10.0 Å². The zero-order valence-electron chi connectivity index (χ0n) is 11.3. The van der Waals surface area contributed by atoms with Gasteiger partial charge in [-0.25, -0.2) is 8.42 Å². The maximum atomic E-state index is 12.7. The number of rotatable bonds is 2. The van der Waals surface area contributed by atoms with E-state index in [9.17, 15) is 13.2 Å². The number of piperazine rings is 1. The molecule has 2 atom stereocenters. The summed E-state index contributed by atoms with van der Waals surface area (Å²) in [6.45, 7) is 2.69. The molecule has 3 rings (SSSR count). The third-order valence-electron chi connectivity index (χ3n) is 4.03. The van der Waals surface area contributed by atoms with Crippen LogP contribution in [0.4, 0.5) is 0 Å². The molecule has 2 fully saturated rings. The maximum Gasteiger partial charge on any atom is 0.253 e. The molecule has 21 heavy (non-hydrogen) atoms. The zero-order valence-corrected chi connectivity index (χ0v) is 14.4. The summed E-state index contributed by atoms with van der Waals surface area (Å²) in [5.74, 6) is -0.124. The fourth-order valence-electron chi connectivity index (χ4n) is 2.92. The maximum absolute atomic E-state index is 12.7. The normalized spacial score (nSPS) is 27.2. The van der Waals surface area contributed by atoms with Crippen molar-refractivity contribution in [3.05, 3.63) is 15.4 Å². The SMILES string of the molecule is CC1C(=O)N2CCCC2CN1S(=O)(=O)c1cc(Cl)c(Cl)s1. The minimum Gasteiger partial charge on any atom is -0.337 e. The molecule has 0 radical (unpaired) electrons. The summed E-state index contributed by atoms with van der Waals surface area (Å²) in [6.07, 6.45) is 1.77. The van der Waals surface area contributed by atoms with Crippen LogP contribution in [0.3, 0.4) is 0 Å². The lowest BCUT2D eigenvalue weighted by molar-refractivity contribution is -0.139. The number of thiophene rings is 1. The van der Waals surface area contributed by atoms with E-state index in [1.54, 1.807) is 11.8 Å². The molecule has 0 bridgehead atoms. The monoisotopic (exact) mass is 368 g/mol. The van der Waals surface area contributed by atoms with Crippen LogP contribution in [0.1, 0.15) is 19.8 Å². The standard InChI is InChI=1S/C12H14Cl2N2O3S2/c1-7-12(17)15-4-2-3-8(15)6-16(7)21(18,19)10-5-9(13)11(14)20-10/h5,7-8H,2-4,6H2,1H3. The molecule has 0 saturated carbocycles. The predicted molar refractivity (Wildman–Crippen MR) is 82.4 cm³/mol. The Labute approximate surface area is 137 Å². The summed E-state index contributed by atoms with van der Waals surface area (Å²) >= 11 is 12.6. The van der Waals surface area contributed by atoms with Gasteiger partial charge in [-0.1, -0.05) is 23.2 Å². The molecule has 2 unspecified atom stereocenters. The van der Waals surface area contributed by atoms with Gasteiger partial charge in [0.2, 0.25) is 5.91 Å². The topological polar surface area (TPSA) is 57.7 Å². The molecular weight excluding hydrogens is 355 g/mol. The van der Waals surface area contributed by atoms with Crippen molar-refractivity contribution >= 4 is 50.5 Å². The van der Waals surface area contributed by atoms with Crippen LogP contribution in [0.15, 0.2) is 10.3 Å². The molecule has 0 aromatic carbocycles. The first-order valence-electron chi connectivity index (χ1n) is 6.59. The summed E-state index contributed by atoms with van der Waals surface area (Å²) in [4.78, 5) is 14.1. The third-order valence-corrected chi connectivity index (χ3v) is 8.28. The summed E-state index contributed by atoms with van der Waals surface area (Å²) in [5, 5.41) is 0.221. The number of hydrogen-bond acceptors (Lipinski definition) is 4. The van der Waals surface area contributed by atoms with Crippen molar-refractivity contribution in [2.45, 2.75) is 36.1 Å². The molecule has 0 N–H and O–H groups in total. The van der Waals surface area contributed by atoms with E-state index in [4.69, 9.17) is 23.2 Å². The van der Waals surface area contributed by atoms with E-state index in [-0.39, 0.29) is 25.5 Å². The van der Waals surface area contributed by atoms with Crippen molar-refractivity contribution in [3.63, 3.8) is 0 Å². The fourth-order valence-corrected chi connectivity index (χ4v) is 6.56. The van der Waals surface area contributed by atoms with Gasteiger partial charge in [-0.15, -0.1) is 11.3 Å². The van der Waals surface area contributed by atoms with Crippen molar-refractivity contribution in [2.24, 2.45) is 0 Å². The number of fused-ring (bicyclic) bond motifs is 1. The van der Waals surface area contributed by atoms with Crippen molar-refractivity contribution in [2.75, 3.05) is 13.1 Å². The van der Waals surface area contributed by atoms with Gasteiger partial charge in [0.05, 0.1) is 5.02 Å². The van der Waals surface area contributed by atoms with Gasteiger partial charge in [0, 0.05) is 19.1 Å². The van der Waals surface area contributed by atoms with Gasteiger partial charge in [-0.2, -0.15) is 4.31 Å². The molecule has 1 amide bonds. The molecule has 0 spiro atoms. The minimum absolute atomic E-state index is 0.0191. The van der Waals surface area contributed by atoms with Gasteiger partial charge in [-0.05, 0) is 25.8 Å². The number of sulfonamides is 1. The minimum atomic E-state index is -3.75. The van der Waals surface area contributed by atoms with Gasteiger partial charge < -0.3 is 4.90 Å². The first-order chi connectivity index (χ1) is 9.82. The molecule has 1 aromatic rings. The fraction of sp³-hybridized carbons (Fsp3) is 0.583. The lowest BCUT2D eigenvalue weighted by Gasteiger charge is -2.40. The lowest BCUT2D eigenvalue weighted by Crippen LogP contribution is -2.59. The zero-order chi connectivity index (χ0) is 15.4. The average Bonchev–Trinajstić information content (AvgIpc) is 3.01. The first kappa shape index (κ1) is 15.6. The van der Waals surface area contributed by atoms with Crippen LogP contribution >= 0.6 is 34.5 Å². The predicted octanol–water partition coefficient (Wildman–Crippen LogP) is 2.44. The Morgan fingerprint density at radius 1 is 1.38 bits per heavy atom. The van der Waals surface area contributed by atoms with E-state index < -0.39 is 16.1 Å². The van der Waals surface area contributed by atoms with Crippen molar-refractivity contribution in [1.29, 1.82) is 0 Å². The van der Waals surface area contributed by atoms with Crippen molar-refractivity contribution < 1.29 is 13.2 Å². The van der Waals surface area contributed by atoms with Crippen molar-refractivity contribution in [1.82, 2.24) is 9.21 Å². The van der Waals surface area contributed by atoms with E-state index in [0.717, 1.165) is 30.7 Å². The Bertz CT molecular complexity index is 669. The van der Waals surface area contributed by atoms with Crippen LogP contribution < -0.4 is 0 Å². The number of nitrogens with zero attached hydrogens (tertiary/aromatic N) is 2. The number of halogens is 2. The van der Waals surface area contributed by atoms with E-state index >= 15 is 0 Å². The number of hydrogen-bond donors (Lipinski definition) is 0. The summed E-state index contributed by atoms with van der Waals surface area (Å²) in [5.41, 5.74) is 0. The Morgan fingerprint density at radius 3 is 2.71 bits per heavy atom. The number of carbonyl (C=O) groups is 1. The van der Waals surface area contributed by atoms with E-state index in [0.29, 0.717) is 6.54 Å². The molecule has 2 saturated heterocycles. The Morgan fingerprint density at radius 2 is 2.10 bits per heavy atom. The molecule has 1 aromatic heterocycles. The Kier molecular flexibility index (Phi) is 3.99. The van der Waals surface area contributed by atoms with Crippen LogP contribution in [0.2, 0.25) is 9.36 Å². The molecule has 9 heteroatoms. The summed E-state index contributed by atoms with van der Waals surface area (Å²) in [7, 11) is -3.75. The highest BCUT2D eigenvalue weighted by atomic mass is 35.5. The van der Waals surface area contributed by atoms with Crippen LogP contribution in [0.25, 0.3) is 0 Å². The average molecular weight is 369 g/mol. The lowest BCUT2D eigenvalue weighted by atomic mass is 10.1. The number of amides is 1. The third kappa shape index (κ3) is 2.49. The summed E-state index contributed by atoms with van der Waals surface area (Å²) < 4.78 is 27.1. The van der Waals surface area contributed by atoms with Crippen LogP contribution in [0, 0.1) is 0 Å². The highest BCUT2D eigenvalue weighted by Gasteiger charge is 2.45. The van der Waals surface area contributed by atoms with Gasteiger partial charge >= 0.3 is 0 Å². The van der Waals surface area contributed by atoms with Gasteiger partial charge in [-0.3, -0.25) is 4.79 Å². The second kappa shape index (κ2) is 5.38.